The number of aliphatic hydroxyl groups excluding tert-OH is 1. The first-order chi connectivity index (χ1) is 3.13. The van der Waals surface area contributed by atoms with Crippen molar-refractivity contribution < 1.29 is 5.11 Å². The zero-order valence-corrected chi connectivity index (χ0v) is 5.46. The Labute approximate surface area is 49.4 Å². The monoisotopic (exact) mass is 118 g/mol. The van der Waals surface area contributed by atoms with Crippen LogP contribution < -0.4 is 0 Å². The Hall–Kier alpha value is -0.110. The van der Waals surface area contributed by atoms with Gasteiger partial charge in [-0.15, -0.1) is 0 Å². The van der Waals surface area contributed by atoms with Crippen LogP contribution in [0.1, 0.15) is 20.3 Å². The minimum absolute atomic E-state index is 0.120. The molecule has 0 atom stereocenters. The molecule has 7 heavy (non-hydrogen) atoms. The maximum Gasteiger partial charge on any atom is 0.156 e. The van der Waals surface area contributed by atoms with E-state index in [2.05, 4.69) is 12.2 Å². The highest BCUT2D eigenvalue weighted by Gasteiger charge is 1.94. The molecule has 2 heteroatoms. The summed E-state index contributed by atoms with van der Waals surface area (Å²) in [5, 5.41) is 8.57. The van der Waals surface area contributed by atoms with Gasteiger partial charge in [0.15, 0.2) is 5.05 Å². The van der Waals surface area contributed by atoms with Gasteiger partial charge in [-0.25, -0.2) is 0 Å². The zero-order valence-electron chi connectivity index (χ0n) is 4.64. The third-order valence-electron chi connectivity index (χ3n) is 0.583. The summed E-state index contributed by atoms with van der Waals surface area (Å²) in [6, 6.07) is 0. The van der Waals surface area contributed by atoms with E-state index >= 15 is 0 Å². The second-order valence-electron chi connectivity index (χ2n) is 1.99. The normalized spacial score (nSPS) is 9.57. The molecule has 0 unspecified atom stereocenters. The molecular formula is C5H10OS. The molecule has 0 aromatic carbocycles. The molecule has 0 radical (unpaired) electrons. The highest BCUT2D eigenvalue weighted by molar-refractivity contribution is 7.80. The van der Waals surface area contributed by atoms with Gasteiger partial charge in [0.25, 0.3) is 0 Å². The minimum Gasteiger partial charge on any atom is -0.502 e. The minimum atomic E-state index is 0.120. The van der Waals surface area contributed by atoms with Crippen LogP contribution in [0, 0.1) is 5.92 Å². The van der Waals surface area contributed by atoms with Gasteiger partial charge in [-0.05, 0) is 18.1 Å². The third-order valence-corrected chi connectivity index (χ3v) is 0.750. The predicted molar refractivity (Wildman–Crippen MR) is 34.7 cm³/mol. The largest absolute Gasteiger partial charge is 0.502 e. The Morgan fingerprint density at radius 2 is 2.14 bits per heavy atom. The first-order valence-corrected chi connectivity index (χ1v) is 2.75. The molecule has 0 amide bonds. The van der Waals surface area contributed by atoms with E-state index in [9.17, 15) is 0 Å². The summed E-state index contributed by atoms with van der Waals surface area (Å²) in [7, 11) is 0. The Morgan fingerprint density at radius 1 is 1.71 bits per heavy atom. The number of hydrogen-bond acceptors (Lipinski definition) is 1. The lowest BCUT2D eigenvalue weighted by atomic mass is 10.1. The van der Waals surface area contributed by atoms with Crippen molar-refractivity contribution in [3.05, 3.63) is 0 Å². The van der Waals surface area contributed by atoms with E-state index in [0.717, 1.165) is 0 Å². The van der Waals surface area contributed by atoms with Crippen molar-refractivity contribution in [1.82, 2.24) is 0 Å². The van der Waals surface area contributed by atoms with Crippen LogP contribution in [-0.4, -0.2) is 10.2 Å². The van der Waals surface area contributed by atoms with Gasteiger partial charge in [0.2, 0.25) is 0 Å². The lowest BCUT2D eigenvalue weighted by molar-refractivity contribution is 0.520. The molecule has 0 spiro atoms. The standard InChI is InChI=1S/C5H10OS/c1-4(2)3-5(6)7/h4H,3H2,1-2H3,(H,6,7). The molecular weight excluding hydrogens is 108 g/mol. The smallest absolute Gasteiger partial charge is 0.156 e. The molecule has 0 aromatic heterocycles. The molecule has 0 rings (SSSR count). The summed E-state index contributed by atoms with van der Waals surface area (Å²) in [5.74, 6) is 0.484. The summed E-state index contributed by atoms with van der Waals surface area (Å²) in [5.41, 5.74) is 0. The molecule has 0 heterocycles. The second-order valence-corrected chi connectivity index (χ2v) is 2.46. The number of rotatable bonds is 2. The van der Waals surface area contributed by atoms with E-state index in [-0.39, 0.29) is 5.05 Å². The van der Waals surface area contributed by atoms with Gasteiger partial charge in [0.1, 0.15) is 0 Å². The van der Waals surface area contributed by atoms with Gasteiger partial charge in [-0.1, -0.05) is 13.8 Å². The first-order valence-electron chi connectivity index (χ1n) is 2.34. The van der Waals surface area contributed by atoms with Gasteiger partial charge in [0.05, 0.1) is 0 Å². The fourth-order valence-corrected chi connectivity index (χ4v) is 0.683. The van der Waals surface area contributed by atoms with Crippen LogP contribution in [0.25, 0.3) is 0 Å². The van der Waals surface area contributed by atoms with Crippen molar-refractivity contribution >= 4 is 17.3 Å². The molecule has 0 bridgehead atoms. The van der Waals surface area contributed by atoms with Crippen LogP contribution in [0.3, 0.4) is 0 Å². The van der Waals surface area contributed by atoms with Crippen LogP contribution in [0.4, 0.5) is 0 Å². The van der Waals surface area contributed by atoms with Crippen LogP contribution in [0.15, 0.2) is 0 Å². The highest BCUT2D eigenvalue weighted by Crippen LogP contribution is 1.98. The fraction of sp³-hybridized carbons (Fsp3) is 0.800. The Kier molecular flexibility index (Phi) is 2.92. The van der Waals surface area contributed by atoms with E-state index in [1.807, 2.05) is 13.8 Å². The summed E-state index contributed by atoms with van der Waals surface area (Å²) < 4.78 is 0. The Morgan fingerprint density at radius 3 is 2.14 bits per heavy atom. The van der Waals surface area contributed by atoms with E-state index < -0.39 is 0 Å². The topological polar surface area (TPSA) is 20.2 Å². The summed E-state index contributed by atoms with van der Waals surface area (Å²) >= 11 is 4.43. The van der Waals surface area contributed by atoms with Crippen molar-refractivity contribution in [2.45, 2.75) is 20.3 Å². The number of thiocarbonyl (C=S) groups is 1. The van der Waals surface area contributed by atoms with Crippen LogP contribution in [-0.2, 0) is 0 Å². The molecule has 0 saturated carbocycles. The molecule has 1 nitrogen and oxygen atoms in total. The van der Waals surface area contributed by atoms with Crippen molar-refractivity contribution in [3.8, 4) is 0 Å². The highest BCUT2D eigenvalue weighted by atomic mass is 32.1. The van der Waals surface area contributed by atoms with Gasteiger partial charge in [0, 0.05) is 6.42 Å². The van der Waals surface area contributed by atoms with Crippen LogP contribution >= 0.6 is 12.2 Å². The first kappa shape index (κ1) is 6.89. The van der Waals surface area contributed by atoms with E-state index in [1.165, 1.54) is 0 Å². The zero-order chi connectivity index (χ0) is 5.86. The molecule has 0 fully saturated rings. The average molecular weight is 118 g/mol. The lowest BCUT2D eigenvalue weighted by Gasteiger charge is -1.97. The number of aliphatic hydroxyl groups is 1. The van der Waals surface area contributed by atoms with Crippen molar-refractivity contribution in [2.75, 3.05) is 0 Å². The quantitative estimate of drug-likeness (QED) is 0.559. The Balaban J connectivity index is 3.13. The maximum absolute atomic E-state index is 8.45. The summed E-state index contributed by atoms with van der Waals surface area (Å²) in [6.45, 7) is 4.03. The molecule has 0 aliphatic carbocycles. The molecule has 42 valence electrons. The van der Waals surface area contributed by atoms with Gasteiger partial charge in [-0.2, -0.15) is 0 Å². The molecule has 0 aliphatic rings. The van der Waals surface area contributed by atoms with Crippen molar-refractivity contribution in [3.63, 3.8) is 0 Å². The summed E-state index contributed by atoms with van der Waals surface area (Å²) in [4.78, 5) is 0. The van der Waals surface area contributed by atoms with Crippen molar-refractivity contribution in [1.29, 1.82) is 0 Å². The Bertz CT molecular complexity index is 68.5. The average Bonchev–Trinajstić information content (AvgIpc) is 1.27. The maximum atomic E-state index is 8.45. The van der Waals surface area contributed by atoms with Crippen molar-refractivity contribution in [2.24, 2.45) is 5.92 Å². The van der Waals surface area contributed by atoms with E-state index in [0.29, 0.717) is 12.3 Å². The van der Waals surface area contributed by atoms with Gasteiger partial charge >= 0.3 is 0 Å². The second kappa shape index (κ2) is 2.97. The summed E-state index contributed by atoms with van der Waals surface area (Å²) in [6.07, 6.45) is 0.648. The number of hydrogen-bond donors (Lipinski definition) is 1. The van der Waals surface area contributed by atoms with E-state index in [4.69, 9.17) is 5.11 Å². The predicted octanol–water partition coefficient (Wildman–Crippen LogP) is 1.92. The third kappa shape index (κ3) is 5.89. The van der Waals surface area contributed by atoms with E-state index in [1.54, 1.807) is 0 Å². The molecule has 1 N–H and O–H groups in total. The van der Waals surface area contributed by atoms with Gasteiger partial charge in [-0.3, -0.25) is 0 Å². The fourth-order valence-electron chi connectivity index (χ4n) is 0.349. The molecule has 0 aromatic rings. The van der Waals surface area contributed by atoms with Crippen LogP contribution in [0.5, 0.6) is 0 Å². The van der Waals surface area contributed by atoms with Gasteiger partial charge < -0.3 is 5.11 Å². The van der Waals surface area contributed by atoms with Crippen LogP contribution in [0.2, 0.25) is 0 Å². The SMILES string of the molecule is CC(C)CC(O)=S. The molecule has 0 aliphatic heterocycles. The lowest BCUT2D eigenvalue weighted by Crippen LogP contribution is -1.96. The molecule has 0 saturated heterocycles.